The number of piperazine rings is 1. The molecule has 0 aromatic heterocycles. The Hall–Kier alpha value is -0.480. The van der Waals surface area contributed by atoms with Crippen LogP contribution in [0.1, 0.15) is 51.1 Å². The van der Waals surface area contributed by atoms with Crippen LogP contribution in [0.4, 0.5) is 0 Å². The van der Waals surface area contributed by atoms with Crippen LogP contribution in [-0.4, -0.2) is 37.7 Å². The van der Waals surface area contributed by atoms with Crippen LogP contribution in [-0.2, 0) is 0 Å². The summed E-state index contributed by atoms with van der Waals surface area (Å²) in [5.74, 6) is 1.01. The molecule has 0 aliphatic carbocycles. The van der Waals surface area contributed by atoms with Gasteiger partial charge in [-0.15, -0.1) is 24.8 Å². The molecule has 0 amide bonds. The van der Waals surface area contributed by atoms with Crippen molar-refractivity contribution in [3.63, 3.8) is 0 Å². The standard InChI is InChI=1S/C18H30N2O.2ClH/c1-3-5-6-10-18(20-13-11-19-12-14-20)16-8-7-9-17(15-16)21-4-2;;/h7-9,15,18-19H,3-6,10-14H2,1-2H3;2*1H/t18-;;/m1../s1. The van der Waals surface area contributed by atoms with Crippen LogP contribution in [0.5, 0.6) is 5.75 Å². The highest BCUT2D eigenvalue weighted by Crippen LogP contribution is 2.29. The molecule has 23 heavy (non-hydrogen) atoms. The third kappa shape index (κ3) is 7.30. The van der Waals surface area contributed by atoms with Gasteiger partial charge in [0.25, 0.3) is 0 Å². The molecule has 2 rings (SSSR count). The lowest BCUT2D eigenvalue weighted by atomic mass is 9.98. The molecule has 3 nitrogen and oxygen atoms in total. The molecule has 1 fully saturated rings. The van der Waals surface area contributed by atoms with Crippen LogP contribution in [0.3, 0.4) is 0 Å². The Balaban J connectivity index is 0.00000242. The fraction of sp³-hybridized carbons (Fsp3) is 0.667. The Labute approximate surface area is 154 Å². The van der Waals surface area contributed by atoms with Gasteiger partial charge >= 0.3 is 0 Å². The first kappa shape index (κ1) is 22.5. The van der Waals surface area contributed by atoms with E-state index in [4.69, 9.17) is 4.74 Å². The van der Waals surface area contributed by atoms with E-state index in [1.54, 1.807) is 0 Å². The van der Waals surface area contributed by atoms with Gasteiger partial charge in [0.05, 0.1) is 6.61 Å². The number of halogens is 2. The summed E-state index contributed by atoms with van der Waals surface area (Å²) in [5, 5.41) is 3.45. The van der Waals surface area contributed by atoms with E-state index in [2.05, 4.69) is 41.4 Å². The molecule has 1 saturated heterocycles. The van der Waals surface area contributed by atoms with Crippen LogP contribution in [0.25, 0.3) is 0 Å². The van der Waals surface area contributed by atoms with E-state index in [-0.39, 0.29) is 24.8 Å². The maximum absolute atomic E-state index is 5.68. The second-order valence-corrected chi connectivity index (χ2v) is 5.80. The predicted molar refractivity (Wildman–Crippen MR) is 103 cm³/mol. The summed E-state index contributed by atoms with van der Waals surface area (Å²) in [7, 11) is 0. The second kappa shape index (κ2) is 12.9. The number of nitrogens with one attached hydrogen (secondary N) is 1. The van der Waals surface area contributed by atoms with Gasteiger partial charge in [-0.2, -0.15) is 0 Å². The lowest BCUT2D eigenvalue weighted by Crippen LogP contribution is -2.45. The number of hydrogen-bond donors (Lipinski definition) is 1. The molecule has 1 N–H and O–H groups in total. The molecule has 134 valence electrons. The van der Waals surface area contributed by atoms with Crippen LogP contribution in [0, 0.1) is 0 Å². The number of nitrogens with zero attached hydrogens (tertiary/aromatic N) is 1. The minimum Gasteiger partial charge on any atom is -0.494 e. The number of hydrogen-bond acceptors (Lipinski definition) is 3. The van der Waals surface area contributed by atoms with Gasteiger partial charge in [-0.25, -0.2) is 0 Å². The van der Waals surface area contributed by atoms with E-state index in [1.165, 1.54) is 31.2 Å². The van der Waals surface area contributed by atoms with Crippen molar-refractivity contribution >= 4 is 24.8 Å². The van der Waals surface area contributed by atoms with Crippen molar-refractivity contribution in [2.24, 2.45) is 0 Å². The van der Waals surface area contributed by atoms with Crippen molar-refractivity contribution in [3.8, 4) is 5.75 Å². The zero-order valence-corrected chi connectivity index (χ0v) is 16.1. The van der Waals surface area contributed by atoms with Crippen LogP contribution in [0.15, 0.2) is 24.3 Å². The van der Waals surface area contributed by atoms with Crippen molar-refractivity contribution < 1.29 is 4.74 Å². The summed E-state index contributed by atoms with van der Waals surface area (Å²) in [6.07, 6.45) is 5.17. The van der Waals surface area contributed by atoms with Crippen LogP contribution in [0.2, 0.25) is 0 Å². The summed E-state index contributed by atoms with van der Waals surface area (Å²) in [6, 6.07) is 9.24. The van der Waals surface area contributed by atoms with Crippen molar-refractivity contribution in [1.29, 1.82) is 0 Å². The highest BCUT2D eigenvalue weighted by molar-refractivity contribution is 5.85. The first-order valence-electron chi connectivity index (χ1n) is 8.52. The molecule has 0 bridgehead atoms. The molecule has 1 aromatic carbocycles. The van der Waals surface area contributed by atoms with E-state index < -0.39 is 0 Å². The molecule has 5 heteroatoms. The van der Waals surface area contributed by atoms with Crippen LogP contribution >= 0.6 is 24.8 Å². The van der Waals surface area contributed by atoms with Crippen molar-refractivity contribution in [2.45, 2.75) is 45.6 Å². The quantitative estimate of drug-likeness (QED) is 0.691. The predicted octanol–water partition coefficient (Wildman–Crippen LogP) is 4.46. The third-order valence-corrected chi connectivity index (χ3v) is 4.23. The van der Waals surface area contributed by atoms with Crippen molar-refractivity contribution in [3.05, 3.63) is 29.8 Å². The van der Waals surface area contributed by atoms with Gasteiger partial charge in [0.1, 0.15) is 5.75 Å². The summed E-state index contributed by atoms with van der Waals surface area (Å²) in [4.78, 5) is 2.64. The van der Waals surface area contributed by atoms with E-state index in [0.29, 0.717) is 6.04 Å². The maximum Gasteiger partial charge on any atom is 0.119 e. The molecule has 1 aliphatic heterocycles. The molecular weight excluding hydrogens is 331 g/mol. The molecule has 1 aromatic rings. The Morgan fingerprint density at radius 3 is 2.52 bits per heavy atom. The molecule has 1 atom stereocenters. The molecule has 0 saturated carbocycles. The third-order valence-electron chi connectivity index (χ3n) is 4.23. The van der Waals surface area contributed by atoms with Gasteiger partial charge < -0.3 is 10.1 Å². The number of rotatable bonds is 8. The number of unbranched alkanes of at least 4 members (excludes halogenated alkanes) is 2. The highest BCUT2D eigenvalue weighted by atomic mass is 35.5. The zero-order valence-electron chi connectivity index (χ0n) is 14.4. The first-order chi connectivity index (χ1) is 10.3. The Bertz CT molecular complexity index is 412. The summed E-state index contributed by atoms with van der Waals surface area (Å²) < 4.78 is 5.68. The average Bonchev–Trinajstić information content (AvgIpc) is 2.53. The zero-order chi connectivity index (χ0) is 14.9. The smallest absolute Gasteiger partial charge is 0.119 e. The minimum absolute atomic E-state index is 0. The maximum atomic E-state index is 5.68. The normalized spacial score (nSPS) is 16.1. The van der Waals surface area contributed by atoms with Gasteiger partial charge in [0, 0.05) is 32.2 Å². The molecule has 1 heterocycles. The number of benzene rings is 1. The van der Waals surface area contributed by atoms with Gasteiger partial charge in [-0.1, -0.05) is 38.3 Å². The topological polar surface area (TPSA) is 24.5 Å². The number of ether oxygens (including phenoxy) is 1. The van der Waals surface area contributed by atoms with E-state index >= 15 is 0 Å². The highest BCUT2D eigenvalue weighted by Gasteiger charge is 2.22. The van der Waals surface area contributed by atoms with Crippen molar-refractivity contribution in [1.82, 2.24) is 10.2 Å². The molecule has 0 spiro atoms. The molecule has 1 aliphatic rings. The summed E-state index contributed by atoms with van der Waals surface area (Å²) in [6.45, 7) is 9.56. The summed E-state index contributed by atoms with van der Waals surface area (Å²) >= 11 is 0. The summed E-state index contributed by atoms with van der Waals surface area (Å²) in [5.41, 5.74) is 1.42. The van der Waals surface area contributed by atoms with E-state index in [0.717, 1.165) is 38.5 Å². The fourth-order valence-corrected chi connectivity index (χ4v) is 3.12. The van der Waals surface area contributed by atoms with Crippen LogP contribution < -0.4 is 10.1 Å². The van der Waals surface area contributed by atoms with E-state index in [1.807, 2.05) is 6.92 Å². The van der Waals surface area contributed by atoms with Gasteiger partial charge in [0.2, 0.25) is 0 Å². The average molecular weight is 363 g/mol. The Morgan fingerprint density at radius 2 is 1.87 bits per heavy atom. The monoisotopic (exact) mass is 362 g/mol. The Kier molecular flexibility index (Phi) is 12.6. The van der Waals surface area contributed by atoms with Gasteiger partial charge in [-0.3, -0.25) is 4.90 Å². The van der Waals surface area contributed by atoms with E-state index in [9.17, 15) is 0 Å². The van der Waals surface area contributed by atoms with Crippen molar-refractivity contribution in [2.75, 3.05) is 32.8 Å². The molecular formula is C18H32Cl2N2O. The first-order valence-corrected chi connectivity index (χ1v) is 8.52. The lowest BCUT2D eigenvalue weighted by molar-refractivity contribution is 0.162. The Morgan fingerprint density at radius 1 is 1.13 bits per heavy atom. The van der Waals surface area contributed by atoms with Gasteiger partial charge in [0.15, 0.2) is 0 Å². The SMILES string of the molecule is CCCCC[C@H](c1cccc(OCC)c1)N1CCNCC1.Cl.Cl. The fourth-order valence-electron chi connectivity index (χ4n) is 3.12. The largest absolute Gasteiger partial charge is 0.494 e. The lowest BCUT2D eigenvalue weighted by Gasteiger charge is -2.35. The van der Waals surface area contributed by atoms with Gasteiger partial charge in [-0.05, 0) is 31.0 Å². The molecule has 0 radical (unpaired) electrons. The minimum atomic E-state index is 0. The molecule has 0 unspecified atom stereocenters. The second-order valence-electron chi connectivity index (χ2n) is 5.80.